The van der Waals surface area contributed by atoms with Crippen LogP contribution in [0.4, 0.5) is 37.1 Å². The summed E-state index contributed by atoms with van der Waals surface area (Å²) in [5, 5.41) is 14.1. The first-order valence-corrected chi connectivity index (χ1v) is 71.7. The number of aliphatic hydroxyl groups excluding tert-OH is 1. The molecule has 3 fully saturated rings. The Hall–Kier alpha value is -4.24. The molecule has 0 aromatic carbocycles. The first-order chi connectivity index (χ1) is 66.0. The van der Waals surface area contributed by atoms with Crippen LogP contribution >= 0.6 is 0 Å². The number of aliphatic hydroxyl groups is 1. The number of carbonyl (C=O) groups is 12. The zero-order valence-electron chi connectivity index (χ0n) is 86.8. The number of hydrogen-bond acceptors (Lipinski definition) is 42. The molecule has 3 heterocycles. The fraction of sp³-hybridized carbons (Fsp3) is 0.740. The van der Waals surface area contributed by atoms with Gasteiger partial charge in [-0.05, 0) is 133 Å². The number of halogens is 3. The van der Waals surface area contributed by atoms with E-state index in [2.05, 4.69) is 176 Å². The minimum Gasteiger partial charge on any atom is -0.447 e. The summed E-state index contributed by atoms with van der Waals surface area (Å²) < 4.78 is 172. The number of alkyl carbamates (subject to hydrolysis) is 2. The molecule has 3 saturated heterocycles. The predicted molar refractivity (Wildman–Crippen MR) is 582 cm³/mol. The largest absolute Gasteiger partial charge is 0.534 e. The van der Waals surface area contributed by atoms with Gasteiger partial charge >= 0.3 is 54.8 Å². The number of imide groups is 3. The van der Waals surface area contributed by atoms with E-state index < -0.39 is 143 Å². The maximum atomic E-state index is 11.2. The van der Waals surface area contributed by atoms with E-state index in [0.717, 1.165) is 52.1 Å². The van der Waals surface area contributed by atoms with Crippen molar-refractivity contribution in [2.45, 2.75) is 179 Å². The Morgan fingerprint density at radius 1 is 0.428 bits per heavy atom. The molecular weight excluding hydrogens is 2570 g/mol. The monoisotopic (exact) mass is 2740 g/mol. The van der Waals surface area contributed by atoms with Crippen molar-refractivity contribution in [3.8, 4) is 0 Å². The van der Waals surface area contributed by atoms with Gasteiger partial charge in [0, 0.05) is 203 Å². The van der Waals surface area contributed by atoms with E-state index in [4.69, 9.17) is 110 Å². The summed E-state index contributed by atoms with van der Waals surface area (Å²) in [6.45, 7) is 55.0. The molecule has 0 aromatic heterocycles. The van der Waals surface area contributed by atoms with Crippen molar-refractivity contribution in [2.75, 3.05) is 193 Å². The van der Waals surface area contributed by atoms with E-state index in [-0.39, 0.29) is 170 Å². The van der Waals surface area contributed by atoms with E-state index in [1.165, 1.54) is 79.2 Å². The summed E-state index contributed by atoms with van der Waals surface area (Å²) in [6.07, 6.45) is 3.81. The maximum absolute atomic E-state index is 11.2. The summed E-state index contributed by atoms with van der Waals surface area (Å²) in [5.74, 6) is -3.26. The van der Waals surface area contributed by atoms with Gasteiger partial charge in [0.2, 0.25) is 0 Å². The van der Waals surface area contributed by atoms with Crippen LogP contribution in [0.1, 0.15) is 64.2 Å². The van der Waals surface area contributed by atoms with Crippen LogP contribution in [-0.4, -0.2) is 438 Å². The van der Waals surface area contributed by atoms with Crippen LogP contribution in [0.5, 0.6) is 0 Å². The molecule has 0 aliphatic carbocycles. The van der Waals surface area contributed by atoms with Crippen LogP contribution in [0.25, 0.3) is 0 Å². The van der Waals surface area contributed by atoms with Gasteiger partial charge in [0.05, 0.1) is 112 Å². The number of hydroxylamine groups is 6. The van der Waals surface area contributed by atoms with E-state index in [0.29, 0.717) is 101 Å². The Kier molecular flexibility index (Phi) is 146. The van der Waals surface area contributed by atoms with Gasteiger partial charge in [0.1, 0.15) is 39.8 Å². The van der Waals surface area contributed by atoms with Gasteiger partial charge in [-0.15, -0.1) is 26.3 Å². The molecule has 0 aromatic rings. The molecule has 0 saturated carbocycles. The van der Waals surface area contributed by atoms with E-state index in [1.807, 2.05) is 18.2 Å². The molecular formula is C77H172BF3N7O39Pt2S3Si13. The summed E-state index contributed by atoms with van der Waals surface area (Å²) in [6, 6.07) is 5.00. The van der Waals surface area contributed by atoms with Gasteiger partial charge in [-0.3, -0.25) is 47.8 Å². The fourth-order valence-corrected chi connectivity index (χ4v) is 26.5. The summed E-state index contributed by atoms with van der Waals surface area (Å²) >= 11 is 6.67. The first kappa shape index (κ1) is 174. The van der Waals surface area contributed by atoms with Gasteiger partial charge in [-0.1, -0.05) is 62.9 Å². The number of nitrogens with zero attached hydrogens (tertiary/aromatic N) is 3. The Morgan fingerprint density at radius 2 is 0.628 bits per heavy atom. The number of nitrogens with one attached hydrogen (secondary N) is 4. The molecule has 3 rings (SSSR count). The Balaban J connectivity index is -0.000000100. The Morgan fingerprint density at radius 3 is 0.807 bits per heavy atom. The minimum absolute atomic E-state index is 0. The average Bonchev–Trinajstić information content (AvgIpc) is 1.86. The molecule has 8 amide bonds. The topological polar surface area (TPSA) is 573 Å². The summed E-state index contributed by atoms with van der Waals surface area (Å²) in [7, 11) is -5.14. The molecule has 863 valence electrons. The average molecular weight is 2740 g/mol. The number of ether oxygens (including phenoxy) is 15. The van der Waals surface area contributed by atoms with Crippen molar-refractivity contribution in [3.05, 3.63) is 49.9 Å². The van der Waals surface area contributed by atoms with Crippen LogP contribution in [0.3, 0.4) is 0 Å². The number of alkyl halides is 3. The fourth-order valence-electron chi connectivity index (χ4n) is 8.07. The van der Waals surface area contributed by atoms with Crippen LogP contribution < -0.4 is 10.6 Å². The van der Waals surface area contributed by atoms with Crippen molar-refractivity contribution in [1.82, 2.24) is 25.8 Å². The molecule has 0 spiro atoms. The number of amides is 8. The second-order valence-electron chi connectivity index (χ2n) is 29.6. The first-order valence-electron chi connectivity index (χ1n) is 44.6. The van der Waals surface area contributed by atoms with Gasteiger partial charge < -0.3 is 112 Å². The molecule has 3 aliphatic rings. The van der Waals surface area contributed by atoms with Gasteiger partial charge in [0.25, 0.3) is 44.7 Å². The molecule has 0 bridgehead atoms. The van der Waals surface area contributed by atoms with Crippen LogP contribution in [-0.2, 0) is 217 Å². The summed E-state index contributed by atoms with van der Waals surface area (Å²) in [5.41, 5.74) is -1.68. The zero-order chi connectivity index (χ0) is 110. The summed E-state index contributed by atoms with van der Waals surface area (Å²) in [4.78, 5) is 143. The quantitative estimate of drug-likeness (QED) is 0.00724. The molecule has 3 radical (unpaired) electrons. The third-order valence-electron chi connectivity index (χ3n) is 14.4. The maximum Gasteiger partial charge on any atom is 0.534 e. The van der Waals surface area contributed by atoms with Crippen molar-refractivity contribution in [1.29, 1.82) is 9.56 Å². The van der Waals surface area contributed by atoms with Crippen molar-refractivity contribution in [3.63, 3.8) is 0 Å². The second kappa shape index (κ2) is 122. The molecule has 3 aliphatic heterocycles. The number of carbonyl (C=O) groups excluding carboxylic acids is 12. The molecule has 2 unspecified atom stereocenters. The van der Waals surface area contributed by atoms with E-state index in [1.54, 1.807) is 19.3 Å². The smallest absolute Gasteiger partial charge is 0.447 e. The molecule has 68 heteroatoms. The standard InChI is InChI=1S/2C12H21NO7Si.C10H13NO6.2C9H21NO4Si.C8H20O2Si3.C7H22O2Si3.C5H10O2.C3H10OSi.CHF3O3S.CH2O.B.2HNS.2Pt.2H4Si/c2*14-10-2-3-11(15)13(10)20-12(16)19-8-7-18-6-5-17-4-1-9-21;1-2-5-15-6-7-16-10(14)17-11-8(12)3-4-9(11)13;2*1-10-9(11)14-7-6-13-5-4-12-3-2-8-15;1-7-11(3)9-13(5,6)10-12(4)8-2;1-10(8-11(2,3)4)9-12(5,6)7;1-2-4-7-5-3-6;1-4-5(2)3;2-1(3,4)8(5,6)7;1-2;;2*1-2;;;;/h2*1-9H2,21H3;2H,1,3-7H2;2*2-8H2,1,15H3,(H,10,11);7-8,11-12H,1-2H2,3-6H3;10H,1-7H3;2,6H,1,3-5H2;5H,1-3H3;(H,5,6,7);1H2;;2*1H;;;2*1H4. The second-order valence-corrected chi connectivity index (χ2v) is 57.5. The normalized spacial score (nSPS) is 12.4. The Labute approximate surface area is 928 Å². The molecule has 46 nitrogen and oxygen atoms in total. The van der Waals surface area contributed by atoms with E-state index >= 15 is 0 Å². The predicted octanol–water partition coefficient (Wildman–Crippen LogP) is 1.05. The SMILES string of the molecule is C=CCOCCO.C=CCOCCOC(=O)ON1C(=O)CCC1=O.C=C[SiH](C)O[Si](C)(C)O[SiH](C)C=C.C=O.CNC(=O)OCCOCCOCCC[SiH3].CNC(=O)OCCOCCOCCC[SiH3].CO[SiH](C)C.C[SiH](O[Si](C)(C)C)O[Si](C)(C)C.N=S.N=S.O=C(OCCOCCOCCC[SiH3])ON1C(=O)CCC1=O.O=C(OCCOCCOCCC[SiH3])ON1C(=O)CCC1=O.O=S(=O)(O)C(F)(F)F.[B].[Pt].[Pt].[SiH4].[SiH4]. The number of rotatable bonds is 59. The number of hydrogen-bond donors (Lipinski definition) is 6. The zero-order valence-corrected chi connectivity index (χ0v) is 109. The molecule has 6 N–H and O–H groups in total. The minimum atomic E-state index is -5.84. The van der Waals surface area contributed by atoms with Crippen LogP contribution in [0.15, 0.2) is 49.9 Å². The van der Waals surface area contributed by atoms with Crippen LogP contribution in [0, 0.1) is 9.56 Å². The van der Waals surface area contributed by atoms with Gasteiger partial charge in [-0.2, -0.15) is 21.6 Å². The van der Waals surface area contributed by atoms with Crippen molar-refractivity contribution >= 4 is 241 Å². The van der Waals surface area contributed by atoms with Gasteiger partial charge in [-0.25, -0.2) is 33.5 Å². The molecule has 145 heavy (non-hydrogen) atoms. The van der Waals surface area contributed by atoms with Gasteiger partial charge in [0.15, 0.2) is 43.8 Å². The van der Waals surface area contributed by atoms with Crippen molar-refractivity contribution in [2.24, 2.45) is 0 Å². The third-order valence-corrected chi connectivity index (χ3v) is 35.9. The molecule has 2 atom stereocenters. The Bertz CT molecular complexity index is 3140. The van der Waals surface area contributed by atoms with Crippen molar-refractivity contribution < 1.29 is 237 Å². The third kappa shape index (κ3) is 134. The van der Waals surface area contributed by atoms with E-state index in [9.17, 15) is 65.9 Å². The van der Waals surface area contributed by atoms with Crippen LogP contribution in [0.2, 0.25) is 109 Å².